The van der Waals surface area contributed by atoms with Gasteiger partial charge < -0.3 is 4.90 Å². The summed E-state index contributed by atoms with van der Waals surface area (Å²) >= 11 is 0. The van der Waals surface area contributed by atoms with Gasteiger partial charge in [-0.1, -0.05) is 0 Å². The molecule has 9 heteroatoms. The van der Waals surface area contributed by atoms with Gasteiger partial charge in [0.05, 0.1) is 11.0 Å². The summed E-state index contributed by atoms with van der Waals surface area (Å²) in [7, 11) is 0. The van der Waals surface area contributed by atoms with Gasteiger partial charge in [0.1, 0.15) is 24.5 Å². The Bertz CT molecular complexity index is 614. The average Bonchev–Trinajstić information content (AvgIpc) is 2.36. The van der Waals surface area contributed by atoms with Crippen molar-refractivity contribution in [3.8, 4) is 0 Å². The van der Waals surface area contributed by atoms with Gasteiger partial charge in [0.25, 0.3) is 11.6 Å². The van der Waals surface area contributed by atoms with Crippen LogP contribution in [0, 0.1) is 15.9 Å². The first-order chi connectivity index (χ1) is 9.38. The zero-order chi connectivity index (χ0) is 14.9. The second-order valence-electron chi connectivity index (χ2n) is 4.05. The van der Waals surface area contributed by atoms with Crippen LogP contribution < -0.4 is 5.32 Å². The van der Waals surface area contributed by atoms with E-state index >= 15 is 0 Å². The minimum Gasteiger partial charge on any atom is -0.320 e. The van der Waals surface area contributed by atoms with Crippen LogP contribution in [-0.4, -0.2) is 40.6 Å². The lowest BCUT2D eigenvalue weighted by molar-refractivity contribution is -0.385. The number of amides is 3. The Morgan fingerprint density at radius 3 is 2.45 bits per heavy atom. The predicted molar refractivity (Wildman–Crippen MR) is 62.1 cm³/mol. The van der Waals surface area contributed by atoms with Crippen LogP contribution in [0.3, 0.4) is 0 Å². The van der Waals surface area contributed by atoms with E-state index in [1.807, 2.05) is 5.32 Å². The molecule has 1 fully saturated rings. The number of rotatable bonds is 2. The van der Waals surface area contributed by atoms with E-state index in [4.69, 9.17) is 0 Å². The zero-order valence-corrected chi connectivity index (χ0v) is 9.96. The van der Waals surface area contributed by atoms with Crippen molar-refractivity contribution >= 4 is 23.4 Å². The molecule has 1 aliphatic heterocycles. The molecule has 0 aromatic heterocycles. The summed E-state index contributed by atoms with van der Waals surface area (Å²) in [6.45, 7) is -0.780. The maximum absolute atomic E-state index is 13.0. The van der Waals surface area contributed by atoms with Crippen molar-refractivity contribution in [1.82, 2.24) is 10.2 Å². The summed E-state index contributed by atoms with van der Waals surface area (Å²) in [6.07, 6.45) is 0. The number of hydrogen-bond donors (Lipinski definition) is 1. The van der Waals surface area contributed by atoms with Crippen LogP contribution in [0.1, 0.15) is 10.4 Å². The summed E-state index contributed by atoms with van der Waals surface area (Å²) in [6, 6.07) is 2.46. The molecule has 2 rings (SSSR count). The first kappa shape index (κ1) is 13.6. The molecule has 1 N–H and O–H groups in total. The number of nitro groups is 1. The molecular weight excluding hydrogens is 273 g/mol. The number of halogens is 1. The van der Waals surface area contributed by atoms with E-state index < -0.39 is 34.1 Å². The highest BCUT2D eigenvalue weighted by Gasteiger charge is 2.31. The van der Waals surface area contributed by atoms with Crippen LogP contribution in [0.25, 0.3) is 0 Å². The van der Waals surface area contributed by atoms with Gasteiger partial charge >= 0.3 is 0 Å². The first-order valence-corrected chi connectivity index (χ1v) is 5.44. The van der Waals surface area contributed by atoms with Crippen LogP contribution in [0.4, 0.5) is 10.1 Å². The highest BCUT2D eigenvalue weighted by atomic mass is 19.1. The highest BCUT2D eigenvalue weighted by Crippen LogP contribution is 2.21. The molecule has 1 saturated heterocycles. The number of hydrogen-bond acceptors (Lipinski definition) is 5. The number of carbonyl (C=O) groups is 3. The maximum Gasteiger partial charge on any atom is 0.285 e. The third-order valence-electron chi connectivity index (χ3n) is 2.62. The number of benzene rings is 1. The van der Waals surface area contributed by atoms with Gasteiger partial charge in [-0.15, -0.1) is 0 Å². The molecule has 0 saturated carbocycles. The molecular formula is C11H8FN3O5. The lowest BCUT2D eigenvalue weighted by Gasteiger charge is -2.25. The summed E-state index contributed by atoms with van der Waals surface area (Å²) in [4.78, 5) is 45.2. The number of piperazine rings is 1. The van der Waals surface area contributed by atoms with E-state index in [-0.39, 0.29) is 18.7 Å². The van der Waals surface area contributed by atoms with Crippen molar-refractivity contribution in [2.24, 2.45) is 0 Å². The fourth-order valence-corrected chi connectivity index (χ4v) is 1.79. The highest BCUT2D eigenvalue weighted by molar-refractivity contribution is 6.06. The number of nitrogens with one attached hydrogen (secondary N) is 1. The lowest BCUT2D eigenvalue weighted by Crippen LogP contribution is -2.53. The van der Waals surface area contributed by atoms with E-state index in [1.54, 1.807) is 0 Å². The molecule has 1 aromatic carbocycles. The average molecular weight is 281 g/mol. The molecule has 20 heavy (non-hydrogen) atoms. The second kappa shape index (κ2) is 5.03. The molecule has 0 spiro atoms. The molecule has 1 aliphatic rings. The maximum atomic E-state index is 13.0. The summed E-state index contributed by atoms with van der Waals surface area (Å²) < 4.78 is 13.0. The lowest BCUT2D eigenvalue weighted by atomic mass is 10.1. The van der Waals surface area contributed by atoms with Gasteiger partial charge in [-0.3, -0.25) is 29.8 Å². The second-order valence-corrected chi connectivity index (χ2v) is 4.05. The Hall–Kier alpha value is -2.84. The van der Waals surface area contributed by atoms with E-state index in [0.717, 1.165) is 17.0 Å². The van der Waals surface area contributed by atoms with E-state index in [1.165, 1.54) is 0 Å². The summed E-state index contributed by atoms with van der Waals surface area (Å²) in [5.74, 6) is -3.10. The Balaban J connectivity index is 2.36. The van der Waals surface area contributed by atoms with E-state index in [0.29, 0.717) is 6.07 Å². The minimum absolute atomic E-state index is 0.376. The quantitative estimate of drug-likeness (QED) is 0.460. The van der Waals surface area contributed by atoms with Crippen molar-refractivity contribution in [1.29, 1.82) is 0 Å². The molecule has 104 valence electrons. The van der Waals surface area contributed by atoms with E-state index in [9.17, 15) is 28.9 Å². The molecule has 1 aromatic rings. The van der Waals surface area contributed by atoms with Gasteiger partial charge in [-0.25, -0.2) is 4.39 Å². The largest absolute Gasteiger partial charge is 0.320 e. The monoisotopic (exact) mass is 281 g/mol. The summed E-state index contributed by atoms with van der Waals surface area (Å²) in [5, 5.41) is 12.8. The standard InChI is InChI=1S/C11H8FN3O5/c12-6-1-2-7(8(3-6)15(19)20)11(18)14-4-9(16)13-10(17)5-14/h1-3H,4-5H2,(H,13,16,17). The number of nitrogens with zero attached hydrogens (tertiary/aromatic N) is 2. The van der Waals surface area contributed by atoms with Gasteiger partial charge in [0.2, 0.25) is 11.8 Å². The van der Waals surface area contributed by atoms with Crippen LogP contribution >= 0.6 is 0 Å². The predicted octanol–water partition coefficient (Wildman–Crippen LogP) is -0.167. The molecule has 0 atom stereocenters. The zero-order valence-electron chi connectivity index (χ0n) is 9.96. The number of imide groups is 1. The molecule has 3 amide bonds. The van der Waals surface area contributed by atoms with Crippen LogP contribution in [-0.2, 0) is 9.59 Å². The van der Waals surface area contributed by atoms with Crippen molar-refractivity contribution < 1.29 is 23.7 Å². The topological polar surface area (TPSA) is 110 Å². The minimum atomic E-state index is -0.901. The van der Waals surface area contributed by atoms with Gasteiger partial charge in [0.15, 0.2) is 0 Å². The van der Waals surface area contributed by atoms with Crippen molar-refractivity contribution in [2.45, 2.75) is 0 Å². The molecule has 1 heterocycles. The normalized spacial score (nSPS) is 14.9. The fraction of sp³-hybridized carbons (Fsp3) is 0.182. The molecule has 0 aliphatic carbocycles. The van der Waals surface area contributed by atoms with Gasteiger partial charge in [0, 0.05) is 0 Å². The SMILES string of the molecule is O=C1CN(C(=O)c2ccc(F)cc2[N+](=O)[O-])CC(=O)N1. The Kier molecular flexibility index (Phi) is 3.42. The number of nitro benzene ring substituents is 1. The van der Waals surface area contributed by atoms with Crippen LogP contribution in [0.5, 0.6) is 0 Å². The van der Waals surface area contributed by atoms with Gasteiger partial charge in [-0.05, 0) is 12.1 Å². The first-order valence-electron chi connectivity index (χ1n) is 5.44. The Morgan fingerprint density at radius 2 is 1.90 bits per heavy atom. The van der Waals surface area contributed by atoms with Crippen molar-refractivity contribution in [3.63, 3.8) is 0 Å². The number of carbonyl (C=O) groups excluding carboxylic acids is 3. The third kappa shape index (κ3) is 2.60. The van der Waals surface area contributed by atoms with E-state index in [2.05, 4.69) is 0 Å². The van der Waals surface area contributed by atoms with Crippen molar-refractivity contribution in [3.05, 3.63) is 39.7 Å². The smallest absolute Gasteiger partial charge is 0.285 e. The van der Waals surface area contributed by atoms with Crippen molar-refractivity contribution in [2.75, 3.05) is 13.1 Å². The molecule has 8 nitrogen and oxygen atoms in total. The van der Waals surface area contributed by atoms with Crippen LogP contribution in [0.2, 0.25) is 0 Å². The molecule has 0 radical (unpaired) electrons. The fourth-order valence-electron chi connectivity index (χ4n) is 1.79. The Morgan fingerprint density at radius 1 is 1.30 bits per heavy atom. The Labute approximate surface area is 111 Å². The molecule has 0 bridgehead atoms. The third-order valence-corrected chi connectivity index (χ3v) is 2.62. The molecule has 0 unspecified atom stereocenters. The summed E-state index contributed by atoms with van der Waals surface area (Å²) in [5.41, 5.74) is -1.09. The van der Waals surface area contributed by atoms with Crippen LogP contribution in [0.15, 0.2) is 18.2 Å². The van der Waals surface area contributed by atoms with Gasteiger partial charge in [-0.2, -0.15) is 0 Å².